The number of aromatic nitrogens is 12. The number of aliphatic carboxylic acids is 3. The van der Waals surface area contributed by atoms with Gasteiger partial charge in [-0.05, 0) is 76.7 Å². The minimum atomic E-state index is -1.94. The van der Waals surface area contributed by atoms with Crippen LogP contribution in [-0.2, 0) is 134 Å². The summed E-state index contributed by atoms with van der Waals surface area (Å²) < 4.78 is 0. The molecule has 17 atom stereocenters. The molecule has 0 radical (unpaired) electrons. The van der Waals surface area contributed by atoms with Crippen molar-refractivity contribution in [2.75, 3.05) is 6.54 Å². The summed E-state index contributed by atoms with van der Waals surface area (Å²) in [6, 6.07) is -25.8. The van der Waals surface area contributed by atoms with Gasteiger partial charge in [-0.1, -0.05) is 48.0 Å². The molecule has 54 nitrogen and oxygen atoms in total. The molecule has 0 unspecified atom stereocenters. The van der Waals surface area contributed by atoms with Crippen LogP contribution >= 0.6 is 0 Å². The molecule has 0 aliphatic heterocycles. The van der Waals surface area contributed by atoms with Crippen molar-refractivity contribution < 1.29 is 111 Å². The third kappa shape index (κ3) is 37.9. The minimum absolute atomic E-state index is 0.0556. The van der Waals surface area contributed by atoms with Crippen LogP contribution < -0.4 is 103 Å². The fourth-order valence-corrected chi connectivity index (χ4v) is 13.7. The number of aromatic amines is 6. The van der Waals surface area contributed by atoms with Crippen molar-refractivity contribution in [1.82, 2.24) is 140 Å². The monoisotopic (exact) mass is 1920 g/mol. The maximum absolute atomic E-state index is 14.9. The van der Waals surface area contributed by atoms with E-state index in [0.717, 1.165) is 0 Å². The van der Waals surface area contributed by atoms with Gasteiger partial charge >= 0.3 is 17.9 Å². The van der Waals surface area contributed by atoms with Gasteiger partial charge in [-0.15, -0.1) is 0 Å². The highest BCUT2D eigenvalue weighted by molar-refractivity contribution is 6.02. The number of H-pyrrole nitrogens is 6. The lowest BCUT2D eigenvalue weighted by Gasteiger charge is -2.30. The SMILES string of the molecule is CC[C@H](C)[C@H](NC(=O)[C@H](CC(C)C)NC(=O)[C@@H](N)Cc1cnc[nH]1)C(=O)N[C@@H](Cc1cnc[nH]1)C(=O)N[C@@H](CC(N)=O)C(=O)N[C@H](C(=O)N[C@@H](Cc1cnc[nH]1)C(=O)N[C@@H](CCCCN)C(=O)N[C@@H](CCC(=O)O)C(=O)N[C@@H](CCC(=O)O)C(=O)N[C@@H](Cc1cnc[nH]1)C(=O)N[C@@H](C)C(=O)N[C@@H](Cc1cnc[nH]1)C(=O)N[C@@H](C)C(=O)N[C@@H](Cc1cnc[nH]1)C(=O)N[C@@H](CC(N)=O)C(=O)O)C(C)C. The molecule has 0 aliphatic carbocycles. The van der Waals surface area contributed by atoms with Crippen LogP contribution in [0.2, 0.25) is 0 Å². The zero-order valence-electron chi connectivity index (χ0n) is 76.6. The predicted molar refractivity (Wildman–Crippen MR) is 478 cm³/mol. The van der Waals surface area contributed by atoms with Crippen LogP contribution in [0.25, 0.3) is 0 Å². The van der Waals surface area contributed by atoms with E-state index in [1.165, 1.54) is 103 Å². The summed E-state index contributed by atoms with van der Waals surface area (Å²) in [7, 11) is 0. The van der Waals surface area contributed by atoms with Gasteiger partial charge in [0.2, 0.25) is 100 Å². The summed E-state index contributed by atoms with van der Waals surface area (Å²) in [5.41, 5.74) is 24.7. The van der Waals surface area contributed by atoms with Gasteiger partial charge in [0, 0.05) is 123 Å². The van der Waals surface area contributed by atoms with Crippen LogP contribution in [0.4, 0.5) is 0 Å². The predicted octanol–water partition coefficient (Wildman–Crippen LogP) is -8.14. The fraction of sp³-hybridized carbons (Fsp3) is 0.542. The van der Waals surface area contributed by atoms with Crippen molar-refractivity contribution >= 4 is 118 Å². The highest BCUT2D eigenvalue weighted by Gasteiger charge is 2.41. The first kappa shape index (κ1) is 110. The summed E-state index contributed by atoms with van der Waals surface area (Å²) in [6.45, 7) is 12.4. The molecule has 17 amide bonds. The molecular formula is C83H123N31O23. The van der Waals surface area contributed by atoms with E-state index in [0.29, 0.717) is 12.1 Å². The Balaban J connectivity index is 1.19. The number of carbonyl (C=O) groups excluding carboxylic acids is 17. The number of hydrogen-bond acceptors (Lipinski definition) is 28. The van der Waals surface area contributed by atoms with Crippen LogP contribution in [-0.4, -0.2) is 297 Å². The maximum atomic E-state index is 14.9. The van der Waals surface area contributed by atoms with Crippen LogP contribution in [0, 0.1) is 17.8 Å². The molecule has 748 valence electrons. The number of nitrogens with two attached hydrogens (primary N) is 4. The summed E-state index contributed by atoms with van der Waals surface area (Å²) in [5.74, 6) is -24.1. The second-order valence-electron chi connectivity index (χ2n) is 33.5. The van der Waals surface area contributed by atoms with E-state index in [2.05, 4.69) is 140 Å². The molecule has 6 rings (SSSR count). The van der Waals surface area contributed by atoms with Crippen molar-refractivity contribution in [3.05, 3.63) is 109 Å². The molecule has 6 aromatic heterocycles. The Kier molecular flexibility index (Phi) is 44.5. The van der Waals surface area contributed by atoms with E-state index in [-0.39, 0.29) is 92.3 Å². The highest BCUT2D eigenvalue weighted by atomic mass is 16.4. The number of nitrogens with zero attached hydrogens (tertiary/aromatic N) is 6. The molecule has 0 aromatic carbocycles. The van der Waals surface area contributed by atoms with Gasteiger partial charge in [-0.25, -0.2) is 34.7 Å². The highest BCUT2D eigenvalue weighted by Crippen LogP contribution is 2.17. The largest absolute Gasteiger partial charge is 0.481 e. The third-order valence-corrected chi connectivity index (χ3v) is 21.5. The van der Waals surface area contributed by atoms with E-state index in [1.807, 2.05) is 13.8 Å². The van der Waals surface area contributed by atoms with E-state index in [4.69, 9.17) is 22.9 Å². The van der Waals surface area contributed by atoms with Gasteiger partial charge in [0.25, 0.3) is 0 Å². The molecule has 137 heavy (non-hydrogen) atoms. The Morgan fingerprint density at radius 2 is 0.599 bits per heavy atom. The van der Waals surface area contributed by atoms with Gasteiger partial charge in [-0.3, -0.25) is 91.1 Å². The number of carboxylic acids is 3. The Bertz CT molecular complexity index is 5020. The number of rotatable bonds is 62. The zero-order valence-corrected chi connectivity index (χ0v) is 76.6. The molecule has 0 spiro atoms. The average Bonchev–Trinajstić information content (AvgIpc) is 1.71. The molecule has 6 heterocycles. The van der Waals surface area contributed by atoms with Crippen LogP contribution in [0.15, 0.2) is 75.1 Å². The van der Waals surface area contributed by atoms with Crippen LogP contribution in [0.1, 0.15) is 160 Å². The second-order valence-corrected chi connectivity index (χ2v) is 33.5. The minimum Gasteiger partial charge on any atom is -0.481 e. The van der Waals surface area contributed by atoms with Crippen molar-refractivity contribution in [3.63, 3.8) is 0 Å². The standard InChI is InChI=1S/C83H123N31O23/c1-9-41(6)67(114-79(132)54(18-39(2)3)107-70(123)50(85)19-44-27-88-33-94-44)82(135)111-59(24-49-32-93-38-99-49)77(130)109-60(25-62(86)115)80(133)113-66(40(4)5)81(134)110-58(23-48-31-92-37-98-48)76(129)102-51(12-10-11-17-84)71(124)103-52(13-15-64(117)118)72(125)104-53(14-16-65(119)120)73(126)108-56(21-46-29-90-35-96-46)75(128)101-42(7)68(121)105-55(20-45-28-89-34-95-45)74(127)100-43(8)69(122)106-57(22-47-30-91-36-97-47)78(131)112-61(83(136)137)26-63(87)116/h27-43,50-61,66-67H,9-26,84-85H2,1-8H3,(H2,86,115)(H2,87,116)(H,88,94)(H,89,95)(H,90,96)(H,91,97)(H,92,98)(H,93,99)(H,100,127)(H,101,128)(H,102,129)(H,103,124)(H,104,125)(H,105,121)(H,106,122)(H,107,123)(H,108,126)(H,109,130)(H,110,134)(H,111,135)(H,112,131)(H,113,133)(H,114,132)(H,117,118)(H,119,120)(H,136,137)/t41-,42-,43-,50-,51-,52-,53-,54-,55-,56-,57-,58-,59-,60-,61-,66-,67-/m0/s1. The zero-order chi connectivity index (χ0) is 101. The Labute approximate surface area is 783 Å². The number of carboxylic acid groups (broad SMARTS) is 3. The molecule has 0 aliphatic rings. The van der Waals surface area contributed by atoms with E-state index >= 15 is 0 Å². The van der Waals surface area contributed by atoms with Gasteiger partial charge in [0.05, 0.1) is 56.8 Å². The molecule has 0 saturated heterocycles. The van der Waals surface area contributed by atoms with Gasteiger partial charge < -0.3 is 148 Å². The quantitative estimate of drug-likeness (QED) is 0.0158. The first-order valence-electron chi connectivity index (χ1n) is 44.0. The van der Waals surface area contributed by atoms with Gasteiger partial charge in [-0.2, -0.15) is 0 Å². The number of unbranched alkanes of at least 4 members (excludes halogenated alkanes) is 1. The number of amides is 17. The topological polar surface area (TPSA) is 859 Å². The van der Waals surface area contributed by atoms with Gasteiger partial charge in [0.1, 0.15) is 90.6 Å². The number of imidazole rings is 6. The lowest BCUT2D eigenvalue weighted by atomic mass is 9.96. The Morgan fingerprint density at radius 1 is 0.321 bits per heavy atom. The molecule has 0 saturated carbocycles. The molecule has 54 heteroatoms. The molecule has 0 bridgehead atoms. The summed E-state index contributed by atoms with van der Waals surface area (Å²) >= 11 is 0. The second kappa shape index (κ2) is 55.3. The smallest absolute Gasteiger partial charge is 0.326 e. The van der Waals surface area contributed by atoms with Crippen molar-refractivity contribution in [3.8, 4) is 0 Å². The number of nitrogens with one attached hydrogen (secondary N) is 21. The lowest BCUT2D eigenvalue weighted by molar-refractivity contribution is -0.143. The molecule has 6 aromatic rings. The van der Waals surface area contributed by atoms with Crippen LogP contribution in [0.5, 0.6) is 0 Å². The normalized spacial score (nSPS) is 14.9. The van der Waals surface area contributed by atoms with E-state index in [1.54, 1.807) is 13.8 Å². The number of hydrogen-bond donors (Lipinski definition) is 28. The van der Waals surface area contributed by atoms with Crippen LogP contribution in [0.3, 0.4) is 0 Å². The first-order valence-corrected chi connectivity index (χ1v) is 44.0. The third-order valence-electron chi connectivity index (χ3n) is 21.5. The first-order chi connectivity index (χ1) is 64.9. The summed E-state index contributed by atoms with van der Waals surface area (Å²) in [6.07, 6.45) is 9.49. The molecular weight excluding hydrogens is 1800 g/mol. The van der Waals surface area contributed by atoms with Crippen molar-refractivity contribution in [2.24, 2.45) is 40.7 Å². The average molecular weight is 1920 g/mol. The summed E-state index contributed by atoms with van der Waals surface area (Å²) in [5, 5.41) is 66.8. The number of carbonyl (C=O) groups is 20. The van der Waals surface area contributed by atoms with E-state index in [9.17, 15) is 111 Å². The van der Waals surface area contributed by atoms with Gasteiger partial charge in [0.15, 0.2) is 0 Å². The van der Waals surface area contributed by atoms with Crippen molar-refractivity contribution in [1.29, 1.82) is 0 Å². The van der Waals surface area contributed by atoms with E-state index < -0.39 is 278 Å². The Morgan fingerprint density at radius 3 is 0.920 bits per heavy atom. The van der Waals surface area contributed by atoms with Crippen molar-refractivity contribution in [2.45, 2.75) is 261 Å². The summed E-state index contributed by atoms with van der Waals surface area (Å²) in [4.78, 5) is 317. The molecule has 32 N–H and O–H groups in total. The fourth-order valence-electron chi connectivity index (χ4n) is 13.7. The number of primary amides is 2. The molecule has 0 fully saturated rings. The maximum Gasteiger partial charge on any atom is 0.326 e. The lowest BCUT2D eigenvalue weighted by Crippen LogP contribution is -2.62. The Hall–Kier alpha value is -15.4.